The molecule has 0 heterocycles. The molecule has 0 saturated heterocycles. The Bertz CT molecular complexity index is 879. The van der Waals surface area contributed by atoms with Crippen molar-refractivity contribution < 1.29 is 17.9 Å². The van der Waals surface area contributed by atoms with Crippen molar-refractivity contribution in [1.29, 1.82) is 0 Å². The lowest BCUT2D eigenvalue weighted by Gasteiger charge is -2.12. The van der Waals surface area contributed by atoms with Crippen molar-refractivity contribution in [2.45, 2.75) is 26.7 Å². The first kappa shape index (κ1) is 19.8. The van der Waals surface area contributed by atoms with Crippen LogP contribution in [0.2, 0.25) is 0 Å². The molecule has 0 atom stereocenters. The summed E-state index contributed by atoms with van der Waals surface area (Å²) in [6.07, 6.45) is 1.95. The van der Waals surface area contributed by atoms with Gasteiger partial charge in [-0.1, -0.05) is 24.3 Å². The van der Waals surface area contributed by atoms with E-state index in [-0.39, 0.29) is 5.91 Å². The number of rotatable bonds is 8. The van der Waals surface area contributed by atoms with Crippen LogP contribution in [0.15, 0.2) is 42.5 Å². The highest BCUT2D eigenvalue weighted by molar-refractivity contribution is 7.92. The molecule has 0 bridgehead atoms. The minimum atomic E-state index is -3.38. The fourth-order valence-corrected chi connectivity index (χ4v) is 3.11. The molecule has 0 fully saturated rings. The Morgan fingerprint density at radius 1 is 1.15 bits per heavy atom. The maximum absolute atomic E-state index is 12.2. The summed E-state index contributed by atoms with van der Waals surface area (Å²) in [4.78, 5) is 12.2. The van der Waals surface area contributed by atoms with E-state index in [0.29, 0.717) is 30.8 Å². The van der Waals surface area contributed by atoms with Crippen molar-refractivity contribution in [1.82, 2.24) is 0 Å². The average Bonchev–Trinajstić information content (AvgIpc) is 2.56. The van der Waals surface area contributed by atoms with Crippen LogP contribution in [-0.4, -0.2) is 27.2 Å². The SMILES string of the molecule is CCOc1ccccc1CCC(=O)Nc1ccc(C)c(NS(C)(=O)=O)c1. The van der Waals surface area contributed by atoms with Crippen LogP contribution in [0.3, 0.4) is 0 Å². The molecule has 7 heteroatoms. The van der Waals surface area contributed by atoms with Crippen LogP contribution < -0.4 is 14.8 Å². The van der Waals surface area contributed by atoms with Gasteiger partial charge in [0, 0.05) is 12.1 Å². The quantitative estimate of drug-likeness (QED) is 0.740. The van der Waals surface area contributed by atoms with Gasteiger partial charge < -0.3 is 10.1 Å². The molecule has 6 nitrogen and oxygen atoms in total. The second kappa shape index (κ2) is 8.71. The second-order valence-corrected chi connectivity index (χ2v) is 7.74. The summed E-state index contributed by atoms with van der Waals surface area (Å²) in [6.45, 7) is 4.29. The number of aryl methyl sites for hydroxylation is 2. The van der Waals surface area contributed by atoms with Gasteiger partial charge in [-0.15, -0.1) is 0 Å². The van der Waals surface area contributed by atoms with Gasteiger partial charge >= 0.3 is 0 Å². The molecule has 2 N–H and O–H groups in total. The number of carbonyl (C=O) groups excluding carboxylic acids is 1. The summed E-state index contributed by atoms with van der Waals surface area (Å²) in [5.41, 5.74) is 2.75. The van der Waals surface area contributed by atoms with Crippen molar-refractivity contribution in [3.63, 3.8) is 0 Å². The number of nitrogens with one attached hydrogen (secondary N) is 2. The van der Waals surface area contributed by atoms with Crippen molar-refractivity contribution in [3.05, 3.63) is 53.6 Å². The number of hydrogen-bond donors (Lipinski definition) is 2. The van der Waals surface area contributed by atoms with Gasteiger partial charge in [0.25, 0.3) is 0 Å². The molecular formula is C19H24N2O4S. The van der Waals surface area contributed by atoms with E-state index in [4.69, 9.17) is 4.74 Å². The molecule has 0 spiro atoms. The Morgan fingerprint density at radius 2 is 1.88 bits per heavy atom. The van der Waals surface area contributed by atoms with Gasteiger partial charge in [0.2, 0.25) is 15.9 Å². The highest BCUT2D eigenvalue weighted by Crippen LogP contribution is 2.22. The lowest BCUT2D eigenvalue weighted by atomic mass is 10.1. The molecular weight excluding hydrogens is 352 g/mol. The first-order chi connectivity index (χ1) is 12.3. The zero-order chi connectivity index (χ0) is 19.2. The number of carbonyl (C=O) groups is 1. The van der Waals surface area contributed by atoms with Crippen LogP contribution in [0.4, 0.5) is 11.4 Å². The molecule has 0 aliphatic heterocycles. The van der Waals surface area contributed by atoms with Crippen LogP contribution in [0, 0.1) is 6.92 Å². The van der Waals surface area contributed by atoms with Gasteiger partial charge in [0.1, 0.15) is 5.75 Å². The fourth-order valence-electron chi connectivity index (χ4n) is 2.49. The highest BCUT2D eigenvalue weighted by Gasteiger charge is 2.10. The maximum Gasteiger partial charge on any atom is 0.229 e. The van der Waals surface area contributed by atoms with Gasteiger partial charge in [-0.05, 0) is 49.6 Å². The maximum atomic E-state index is 12.2. The smallest absolute Gasteiger partial charge is 0.229 e. The molecule has 140 valence electrons. The normalized spacial score (nSPS) is 11.0. The summed E-state index contributed by atoms with van der Waals surface area (Å²) < 4.78 is 30.9. The number of hydrogen-bond acceptors (Lipinski definition) is 4. The molecule has 0 aliphatic rings. The number of para-hydroxylation sites is 1. The first-order valence-corrected chi connectivity index (χ1v) is 10.3. The number of ether oxygens (including phenoxy) is 1. The van der Waals surface area contributed by atoms with Crippen molar-refractivity contribution in [3.8, 4) is 5.75 Å². The van der Waals surface area contributed by atoms with E-state index < -0.39 is 10.0 Å². The van der Waals surface area contributed by atoms with Gasteiger partial charge in [0.05, 0.1) is 18.6 Å². The highest BCUT2D eigenvalue weighted by atomic mass is 32.2. The van der Waals surface area contributed by atoms with Crippen LogP contribution >= 0.6 is 0 Å². The third-order valence-electron chi connectivity index (χ3n) is 3.71. The first-order valence-electron chi connectivity index (χ1n) is 8.37. The van der Waals surface area contributed by atoms with Crippen LogP contribution in [0.5, 0.6) is 5.75 Å². The Morgan fingerprint density at radius 3 is 2.58 bits per heavy atom. The third kappa shape index (κ3) is 6.07. The molecule has 2 aromatic rings. The largest absolute Gasteiger partial charge is 0.494 e. The Balaban J connectivity index is 2.01. The fraction of sp³-hybridized carbons (Fsp3) is 0.316. The molecule has 0 radical (unpaired) electrons. The van der Waals surface area contributed by atoms with Crippen molar-refractivity contribution in [2.75, 3.05) is 22.9 Å². The third-order valence-corrected chi connectivity index (χ3v) is 4.30. The van der Waals surface area contributed by atoms with Crippen molar-refractivity contribution >= 4 is 27.3 Å². The topological polar surface area (TPSA) is 84.5 Å². The summed E-state index contributed by atoms with van der Waals surface area (Å²) in [6, 6.07) is 12.8. The van der Waals surface area contributed by atoms with E-state index in [2.05, 4.69) is 10.0 Å². The molecule has 2 aromatic carbocycles. The van der Waals surface area contributed by atoms with Crippen LogP contribution in [-0.2, 0) is 21.2 Å². The van der Waals surface area contributed by atoms with Gasteiger partial charge in [-0.3, -0.25) is 9.52 Å². The molecule has 0 saturated carbocycles. The predicted molar refractivity (Wildman–Crippen MR) is 104 cm³/mol. The minimum absolute atomic E-state index is 0.148. The summed E-state index contributed by atoms with van der Waals surface area (Å²) in [5, 5.41) is 2.80. The standard InChI is InChI=1S/C19H24N2O4S/c1-4-25-18-8-6-5-7-15(18)10-12-19(22)20-16-11-9-14(2)17(13-16)21-26(3,23)24/h5-9,11,13,21H,4,10,12H2,1-3H3,(H,20,22). The minimum Gasteiger partial charge on any atom is -0.494 e. The summed E-state index contributed by atoms with van der Waals surface area (Å²) >= 11 is 0. The number of benzene rings is 2. The van der Waals surface area contributed by atoms with Gasteiger partial charge in [-0.2, -0.15) is 0 Å². The van der Waals surface area contributed by atoms with Gasteiger partial charge in [-0.25, -0.2) is 8.42 Å². The van der Waals surface area contributed by atoms with E-state index in [0.717, 1.165) is 23.1 Å². The van der Waals surface area contributed by atoms with E-state index in [1.54, 1.807) is 25.1 Å². The number of anilines is 2. The Hall–Kier alpha value is -2.54. The zero-order valence-electron chi connectivity index (χ0n) is 15.2. The lowest BCUT2D eigenvalue weighted by molar-refractivity contribution is -0.116. The summed E-state index contributed by atoms with van der Waals surface area (Å²) in [5.74, 6) is 0.642. The Kier molecular flexibility index (Phi) is 6.63. The molecule has 2 rings (SSSR count). The average molecular weight is 376 g/mol. The number of amides is 1. The molecule has 1 amide bonds. The van der Waals surface area contributed by atoms with Gasteiger partial charge in [0.15, 0.2) is 0 Å². The monoisotopic (exact) mass is 376 g/mol. The van der Waals surface area contributed by atoms with Crippen molar-refractivity contribution in [2.24, 2.45) is 0 Å². The molecule has 26 heavy (non-hydrogen) atoms. The second-order valence-electron chi connectivity index (χ2n) is 5.99. The number of sulfonamides is 1. The lowest BCUT2D eigenvalue weighted by Crippen LogP contribution is -2.14. The van der Waals surface area contributed by atoms with Crippen LogP contribution in [0.1, 0.15) is 24.5 Å². The Labute approximate surface area is 154 Å². The van der Waals surface area contributed by atoms with E-state index in [1.807, 2.05) is 31.2 Å². The van der Waals surface area contributed by atoms with Crippen LogP contribution in [0.25, 0.3) is 0 Å². The summed E-state index contributed by atoms with van der Waals surface area (Å²) in [7, 11) is -3.38. The predicted octanol–water partition coefficient (Wildman–Crippen LogP) is 3.34. The van der Waals surface area contributed by atoms with E-state index in [1.165, 1.54) is 0 Å². The van der Waals surface area contributed by atoms with E-state index in [9.17, 15) is 13.2 Å². The zero-order valence-corrected chi connectivity index (χ0v) is 16.0. The van der Waals surface area contributed by atoms with E-state index >= 15 is 0 Å². The molecule has 0 aromatic heterocycles. The molecule has 0 unspecified atom stereocenters. The molecule has 0 aliphatic carbocycles.